The van der Waals surface area contributed by atoms with E-state index in [1.54, 1.807) is 17.9 Å². The molecule has 0 aromatic carbocycles. The summed E-state index contributed by atoms with van der Waals surface area (Å²) in [6, 6.07) is 1.85. The first-order valence-electron chi connectivity index (χ1n) is 8.24. The number of aryl methyl sites for hydroxylation is 2. The molecule has 0 atom stereocenters. The van der Waals surface area contributed by atoms with Crippen molar-refractivity contribution >= 4 is 49.8 Å². The maximum absolute atomic E-state index is 5.73. The molecule has 0 aliphatic heterocycles. The summed E-state index contributed by atoms with van der Waals surface area (Å²) < 4.78 is 8.29. The second-order valence-electron chi connectivity index (χ2n) is 5.68. The Morgan fingerprint density at radius 3 is 2.92 bits per heavy atom. The quantitative estimate of drug-likeness (QED) is 0.514. The number of halogens is 1. The van der Waals surface area contributed by atoms with Crippen molar-refractivity contribution < 1.29 is 4.74 Å². The summed E-state index contributed by atoms with van der Waals surface area (Å²) in [6.45, 7) is 4.51. The molecule has 2 N–H and O–H groups in total. The summed E-state index contributed by atoms with van der Waals surface area (Å²) in [5.41, 5.74) is 3.89. The molecule has 134 valence electrons. The molecule has 26 heavy (non-hydrogen) atoms. The molecule has 9 nitrogen and oxygen atoms in total. The molecule has 0 saturated carbocycles. The molecule has 0 amide bonds. The fraction of sp³-hybridized carbons (Fsp3) is 0.312. The molecule has 0 saturated heterocycles. The highest BCUT2D eigenvalue weighted by molar-refractivity contribution is 9.10. The summed E-state index contributed by atoms with van der Waals surface area (Å²) in [6.07, 6.45) is 2.54. The van der Waals surface area contributed by atoms with E-state index < -0.39 is 0 Å². The van der Waals surface area contributed by atoms with Crippen molar-refractivity contribution in [3.8, 4) is 5.88 Å². The van der Waals surface area contributed by atoms with E-state index in [1.165, 1.54) is 0 Å². The minimum Gasteiger partial charge on any atom is -0.477 e. The van der Waals surface area contributed by atoms with Gasteiger partial charge >= 0.3 is 0 Å². The lowest BCUT2D eigenvalue weighted by Gasteiger charge is -2.08. The van der Waals surface area contributed by atoms with Gasteiger partial charge in [0.1, 0.15) is 11.2 Å². The summed E-state index contributed by atoms with van der Waals surface area (Å²) in [7, 11) is 1.80. The largest absolute Gasteiger partial charge is 0.477 e. The zero-order chi connectivity index (χ0) is 18.3. The van der Waals surface area contributed by atoms with E-state index in [4.69, 9.17) is 4.74 Å². The van der Waals surface area contributed by atoms with E-state index >= 15 is 0 Å². The SMILES string of the molecule is CCOc1nc(Nc2cnc3c(c2)nnn3C)nc2[nH]c(CC)c(Br)c12. The lowest BCUT2D eigenvalue weighted by molar-refractivity contribution is 0.331. The van der Waals surface area contributed by atoms with E-state index in [0.717, 1.165) is 27.7 Å². The highest BCUT2D eigenvalue weighted by Crippen LogP contribution is 2.34. The predicted molar refractivity (Wildman–Crippen MR) is 102 cm³/mol. The number of hydrogen-bond donors (Lipinski definition) is 2. The highest BCUT2D eigenvalue weighted by atomic mass is 79.9. The van der Waals surface area contributed by atoms with Gasteiger partial charge in [-0.3, -0.25) is 0 Å². The number of anilines is 2. The third-order valence-electron chi connectivity index (χ3n) is 3.96. The number of nitrogens with one attached hydrogen (secondary N) is 2. The molecule has 4 heterocycles. The fourth-order valence-corrected chi connectivity index (χ4v) is 3.48. The number of aromatic nitrogens is 7. The van der Waals surface area contributed by atoms with E-state index in [-0.39, 0.29) is 0 Å². The normalized spacial score (nSPS) is 11.4. The first-order valence-corrected chi connectivity index (χ1v) is 9.03. The van der Waals surface area contributed by atoms with Gasteiger partial charge < -0.3 is 15.0 Å². The van der Waals surface area contributed by atoms with Crippen molar-refractivity contribution in [1.82, 2.24) is 34.9 Å². The number of ether oxygens (including phenoxy) is 1. The third-order valence-corrected chi connectivity index (χ3v) is 4.84. The standard InChI is InChI=1S/C16H17BrN8O/c1-4-9-12(17)11-13(20-9)21-16(22-15(11)26-5-2)19-8-6-10-14(18-7-8)25(3)24-23-10/h6-7H,4-5H2,1-3H3,(H2,19,20,21,22). The van der Waals surface area contributed by atoms with Crippen molar-refractivity contribution in [2.75, 3.05) is 11.9 Å². The predicted octanol–water partition coefficient (Wildman–Crippen LogP) is 3.10. The zero-order valence-electron chi connectivity index (χ0n) is 14.5. The molecule has 0 bridgehead atoms. The van der Waals surface area contributed by atoms with Crippen LogP contribution in [0.3, 0.4) is 0 Å². The molecule has 0 fully saturated rings. The Labute approximate surface area is 157 Å². The van der Waals surface area contributed by atoms with Crippen molar-refractivity contribution in [2.45, 2.75) is 20.3 Å². The van der Waals surface area contributed by atoms with Gasteiger partial charge in [-0.05, 0) is 35.3 Å². The van der Waals surface area contributed by atoms with Crippen LogP contribution in [0.4, 0.5) is 11.6 Å². The average molecular weight is 417 g/mol. The van der Waals surface area contributed by atoms with Gasteiger partial charge in [0.2, 0.25) is 11.8 Å². The second kappa shape index (κ2) is 6.52. The maximum atomic E-state index is 5.73. The Bertz CT molecular complexity index is 1100. The van der Waals surface area contributed by atoms with Crippen LogP contribution in [0.25, 0.3) is 22.2 Å². The van der Waals surface area contributed by atoms with Crippen LogP contribution in [0.2, 0.25) is 0 Å². The molecule has 0 aliphatic rings. The summed E-state index contributed by atoms with van der Waals surface area (Å²) in [5, 5.41) is 12.0. The van der Waals surface area contributed by atoms with Crippen LogP contribution in [0.5, 0.6) is 5.88 Å². The Hall–Kier alpha value is -2.75. The number of nitrogens with zero attached hydrogens (tertiary/aromatic N) is 6. The Morgan fingerprint density at radius 1 is 1.31 bits per heavy atom. The van der Waals surface area contributed by atoms with Crippen LogP contribution < -0.4 is 10.1 Å². The lowest BCUT2D eigenvalue weighted by Crippen LogP contribution is -2.02. The highest BCUT2D eigenvalue weighted by Gasteiger charge is 2.17. The van der Waals surface area contributed by atoms with Crippen LogP contribution >= 0.6 is 15.9 Å². The lowest BCUT2D eigenvalue weighted by atomic mass is 10.3. The summed E-state index contributed by atoms with van der Waals surface area (Å²) in [5.74, 6) is 0.943. The number of aromatic amines is 1. The first kappa shape index (κ1) is 16.7. The molecule has 4 aromatic heterocycles. The van der Waals surface area contributed by atoms with Crippen LogP contribution in [-0.2, 0) is 13.5 Å². The van der Waals surface area contributed by atoms with Crippen LogP contribution in [-0.4, -0.2) is 41.5 Å². The van der Waals surface area contributed by atoms with Crippen molar-refractivity contribution in [3.63, 3.8) is 0 Å². The first-order chi connectivity index (χ1) is 12.6. The number of pyridine rings is 1. The second-order valence-corrected chi connectivity index (χ2v) is 6.48. The van der Waals surface area contributed by atoms with Gasteiger partial charge in [0.05, 0.1) is 28.4 Å². The van der Waals surface area contributed by atoms with Gasteiger partial charge in [0, 0.05) is 12.7 Å². The number of fused-ring (bicyclic) bond motifs is 2. The van der Waals surface area contributed by atoms with Crippen molar-refractivity contribution in [3.05, 3.63) is 22.4 Å². The topological polar surface area (TPSA) is 106 Å². The number of H-pyrrole nitrogens is 1. The van der Waals surface area contributed by atoms with Gasteiger partial charge in [-0.15, -0.1) is 5.10 Å². The zero-order valence-corrected chi connectivity index (χ0v) is 16.1. The molecule has 10 heteroatoms. The van der Waals surface area contributed by atoms with Gasteiger partial charge in [0.25, 0.3) is 0 Å². The van der Waals surface area contributed by atoms with E-state index in [0.29, 0.717) is 35.2 Å². The maximum Gasteiger partial charge on any atom is 0.232 e. The van der Waals surface area contributed by atoms with Crippen LogP contribution in [0, 0.1) is 0 Å². The Morgan fingerprint density at radius 2 is 2.15 bits per heavy atom. The Kier molecular flexibility index (Phi) is 4.19. The number of hydrogen-bond acceptors (Lipinski definition) is 7. The van der Waals surface area contributed by atoms with Gasteiger partial charge in [-0.25, -0.2) is 9.67 Å². The molecule has 0 unspecified atom stereocenters. The summed E-state index contributed by atoms with van der Waals surface area (Å²) in [4.78, 5) is 16.8. The molecule has 4 aromatic rings. The van der Waals surface area contributed by atoms with Crippen molar-refractivity contribution in [1.29, 1.82) is 0 Å². The van der Waals surface area contributed by atoms with E-state index in [2.05, 4.69) is 58.4 Å². The van der Waals surface area contributed by atoms with Gasteiger partial charge in [-0.2, -0.15) is 9.97 Å². The molecule has 0 spiro atoms. The summed E-state index contributed by atoms with van der Waals surface area (Å²) >= 11 is 3.61. The van der Waals surface area contributed by atoms with Crippen molar-refractivity contribution in [2.24, 2.45) is 7.05 Å². The van der Waals surface area contributed by atoms with Gasteiger partial charge in [0.15, 0.2) is 5.65 Å². The fourth-order valence-electron chi connectivity index (χ4n) is 2.74. The molecular weight excluding hydrogens is 400 g/mol. The van der Waals surface area contributed by atoms with Gasteiger partial charge in [-0.1, -0.05) is 12.1 Å². The van der Waals surface area contributed by atoms with Crippen LogP contribution in [0.15, 0.2) is 16.7 Å². The molecular formula is C16H17BrN8O. The molecule has 0 radical (unpaired) electrons. The number of rotatable bonds is 5. The molecule has 4 rings (SSSR count). The third kappa shape index (κ3) is 2.75. The van der Waals surface area contributed by atoms with Crippen LogP contribution in [0.1, 0.15) is 19.5 Å². The Balaban J connectivity index is 1.77. The minimum atomic E-state index is 0.419. The average Bonchev–Trinajstić information content (AvgIpc) is 3.15. The minimum absolute atomic E-state index is 0.419. The monoisotopic (exact) mass is 416 g/mol. The van der Waals surface area contributed by atoms with E-state index in [9.17, 15) is 0 Å². The van der Waals surface area contributed by atoms with E-state index in [1.807, 2.05) is 13.0 Å². The smallest absolute Gasteiger partial charge is 0.232 e. The molecule has 0 aliphatic carbocycles.